The predicted molar refractivity (Wildman–Crippen MR) is 53.3 cm³/mol. The molecule has 0 bridgehead atoms. The van der Waals surface area contributed by atoms with Gasteiger partial charge in [-0.3, -0.25) is 4.68 Å². The molecule has 3 nitrogen and oxygen atoms in total. The van der Waals surface area contributed by atoms with Crippen molar-refractivity contribution >= 4 is 10.9 Å². The Kier molecular flexibility index (Phi) is 2.00. The van der Waals surface area contributed by atoms with Gasteiger partial charge >= 0.3 is 0 Å². The molecule has 1 heterocycles. The fraction of sp³-hybridized carbons (Fsp3) is 0.300. The van der Waals surface area contributed by atoms with Crippen molar-refractivity contribution in [3.05, 3.63) is 29.2 Å². The first kappa shape index (κ1) is 9.15. The minimum absolute atomic E-state index is 0.234. The van der Waals surface area contributed by atoms with Gasteiger partial charge in [0.05, 0.1) is 16.6 Å². The lowest BCUT2D eigenvalue weighted by Crippen LogP contribution is -2.01. The van der Waals surface area contributed by atoms with Gasteiger partial charge in [-0.2, -0.15) is 5.10 Å². The molecular weight excluding hydrogens is 181 g/mol. The van der Waals surface area contributed by atoms with E-state index in [-0.39, 0.29) is 5.82 Å². The first-order valence-corrected chi connectivity index (χ1v) is 4.46. The Morgan fingerprint density at radius 3 is 2.86 bits per heavy atom. The zero-order valence-electron chi connectivity index (χ0n) is 8.21. The summed E-state index contributed by atoms with van der Waals surface area (Å²) in [6, 6.07) is 3.15. The van der Waals surface area contributed by atoms with Gasteiger partial charge in [0.2, 0.25) is 0 Å². The highest BCUT2D eigenvalue weighted by atomic mass is 19.1. The third-order valence-corrected chi connectivity index (χ3v) is 2.42. The van der Waals surface area contributed by atoms with Gasteiger partial charge in [-0.15, -0.1) is 0 Å². The molecule has 0 aliphatic rings. The van der Waals surface area contributed by atoms with E-state index in [0.717, 1.165) is 11.1 Å². The minimum atomic E-state index is -0.234. The SMILES string of the molecule is Cc1nn(C)c2c(CN)ccc(F)c12. The molecule has 2 aromatic rings. The van der Waals surface area contributed by atoms with Crippen molar-refractivity contribution in [2.45, 2.75) is 13.5 Å². The molecule has 1 aromatic heterocycles. The molecule has 0 spiro atoms. The van der Waals surface area contributed by atoms with Gasteiger partial charge in [0.1, 0.15) is 5.82 Å². The summed E-state index contributed by atoms with van der Waals surface area (Å²) in [5.74, 6) is -0.234. The predicted octanol–water partition coefficient (Wildman–Crippen LogP) is 1.48. The number of halogens is 1. The highest BCUT2D eigenvalue weighted by molar-refractivity contribution is 5.85. The quantitative estimate of drug-likeness (QED) is 0.745. The van der Waals surface area contributed by atoms with Crippen LogP contribution in [0.4, 0.5) is 4.39 Å². The molecule has 0 unspecified atom stereocenters. The van der Waals surface area contributed by atoms with Crippen LogP contribution in [0.15, 0.2) is 12.1 Å². The van der Waals surface area contributed by atoms with Crippen LogP contribution in [0.25, 0.3) is 10.9 Å². The van der Waals surface area contributed by atoms with Crippen molar-refractivity contribution in [2.24, 2.45) is 12.8 Å². The van der Waals surface area contributed by atoms with E-state index in [1.165, 1.54) is 6.07 Å². The summed E-state index contributed by atoms with van der Waals surface area (Å²) < 4.78 is 15.2. The maximum absolute atomic E-state index is 13.5. The molecule has 74 valence electrons. The highest BCUT2D eigenvalue weighted by Crippen LogP contribution is 2.24. The molecule has 0 amide bonds. The maximum Gasteiger partial charge on any atom is 0.134 e. The summed E-state index contributed by atoms with van der Waals surface area (Å²) in [7, 11) is 1.80. The average molecular weight is 193 g/mol. The molecule has 0 saturated carbocycles. The normalized spacial score (nSPS) is 11.1. The number of rotatable bonds is 1. The van der Waals surface area contributed by atoms with Crippen LogP contribution in [0.5, 0.6) is 0 Å². The molecule has 0 aliphatic heterocycles. The Hall–Kier alpha value is -1.42. The zero-order chi connectivity index (χ0) is 10.3. The van der Waals surface area contributed by atoms with Crippen molar-refractivity contribution in [3.8, 4) is 0 Å². The van der Waals surface area contributed by atoms with Crippen LogP contribution in [0.1, 0.15) is 11.3 Å². The molecule has 14 heavy (non-hydrogen) atoms. The first-order chi connectivity index (χ1) is 6.65. The van der Waals surface area contributed by atoms with E-state index in [0.29, 0.717) is 17.6 Å². The van der Waals surface area contributed by atoms with E-state index in [1.54, 1.807) is 24.7 Å². The maximum atomic E-state index is 13.5. The number of aromatic nitrogens is 2. The summed E-state index contributed by atoms with van der Waals surface area (Å²) in [5.41, 5.74) is 8.00. The molecule has 0 atom stereocenters. The van der Waals surface area contributed by atoms with E-state index in [9.17, 15) is 4.39 Å². The monoisotopic (exact) mass is 193 g/mol. The number of aryl methyl sites for hydroxylation is 2. The second-order valence-electron chi connectivity index (χ2n) is 3.34. The molecule has 1 aromatic carbocycles. The second-order valence-corrected chi connectivity index (χ2v) is 3.34. The molecule has 2 rings (SSSR count). The molecule has 0 saturated heterocycles. The second kappa shape index (κ2) is 3.06. The van der Waals surface area contributed by atoms with Gasteiger partial charge in [0, 0.05) is 13.6 Å². The third kappa shape index (κ3) is 1.11. The van der Waals surface area contributed by atoms with E-state index in [1.807, 2.05) is 0 Å². The van der Waals surface area contributed by atoms with Crippen molar-refractivity contribution in [3.63, 3.8) is 0 Å². The summed E-state index contributed by atoms with van der Waals surface area (Å²) >= 11 is 0. The molecule has 4 heteroatoms. The summed E-state index contributed by atoms with van der Waals surface area (Å²) in [6.45, 7) is 2.20. The molecule has 0 fully saturated rings. The first-order valence-electron chi connectivity index (χ1n) is 4.46. The fourth-order valence-corrected chi connectivity index (χ4v) is 1.81. The Bertz CT molecular complexity index is 488. The lowest BCUT2D eigenvalue weighted by Gasteiger charge is -2.02. The lowest BCUT2D eigenvalue weighted by atomic mass is 10.1. The smallest absolute Gasteiger partial charge is 0.134 e. The Morgan fingerprint density at radius 2 is 2.21 bits per heavy atom. The van der Waals surface area contributed by atoms with Crippen LogP contribution in [0.2, 0.25) is 0 Å². The van der Waals surface area contributed by atoms with E-state index >= 15 is 0 Å². The Balaban J connectivity index is 2.94. The van der Waals surface area contributed by atoms with E-state index < -0.39 is 0 Å². The van der Waals surface area contributed by atoms with Gasteiger partial charge < -0.3 is 5.73 Å². The Morgan fingerprint density at radius 1 is 1.50 bits per heavy atom. The topological polar surface area (TPSA) is 43.8 Å². The van der Waals surface area contributed by atoms with Crippen LogP contribution in [-0.2, 0) is 13.6 Å². The number of benzene rings is 1. The summed E-state index contributed by atoms with van der Waals surface area (Å²) in [5, 5.41) is 4.76. The summed E-state index contributed by atoms with van der Waals surface area (Å²) in [4.78, 5) is 0. The molecule has 0 radical (unpaired) electrons. The fourth-order valence-electron chi connectivity index (χ4n) is 1.81. The number of nitrogens with two attached hydrogens (primary N) is 1. The highest BCUT2D eigenvalue weighted by Gasteiger charge is 2.12. The number of fused-ring (bicyclic) bond motifs is 1. The van der Waals surface area contributed by atoms with E-state index in [2.05, 4.69) is 5.10 Å². The molecule has 2 N–H and O–H groups in total. The number of hydrogen-bond donors (Lipinski definition) is 1. The van der Waals surface area contributed by atoms with Gasteiger partial charge in [-0.25, -0.2) is 4.39 Å². The standard InChI is InChI=1S/C10H12FN3/c1-6-9-8(11)4-3-7(5-12)10(9)14(2)13-6/h3-4H,5,12H2,1-2H3. The number of hydrogen-bond acceptors (Lipinski definition) is 2. The van der Waals surface area contributed by atoms with Crippen LogP contribution < -0.4 is 5.73 Å². The van der Waals surface area contributed by atoms with Crippen LogP contribution >= 0.6 is 0 Å². The zero-order valence-corrected chi connectivity index (χ0v) is 8.21. The van der Waals surface area contributed by atoms with Crippen LogP contribution in [0.3, 0.4) is 0 Å². The van der Waals surface area contributed by atoms with Gasteiger partial charge in [0.15, 0.2) is 0 Å². The summed E-state index contributed by atoms with van der Waals surface area (Å²) in [6.07, 6.45) is 0. The van der Waals surface area contributed by atoms with Crippen LogP contribution in [0, 0.1) is 12.7 Å². The minimum Gasteiger partial charge on any atom is -0.326 e. The van der Waals surface area contributed by atoms with Crippen molar-refractivity contribution < 1.29 is 4.39 Å². The Labute approximate surface area is 81.3 Å². The van der Waals surface area contributed by atoms with Crippen molar-refractivity contribution in [1.82, 2.24) is 9.78 Å². The molecular formula is C10H12FN3. The van der Waals surface area contributed by atoms with Crippen molar-refractivity contribution in [2.75, 3.05) is 0 Å². The number of nitrogens with zero attached hydrogens (tertiary/aromatic N) is 2. The van der Waals surface area contributed by atoms with Crippen molar-refractivity contribution in [1.29, 1.82) is 0 Å². The average Bonchev–Trinajstić information content (AvgIpc) is 2.44. The third-order valence-electron chi connectivity index (χ3n) is 2.42. The van der Waals surface area contributed by atoms with Gasteiger partial charge in [-0.1, -0.05) is 6.07 Å². The van der Waals surface area contributed by atoms with Crippen LogP contribution in [-0.4, -0.2) is 9.78 Å². The largest absolute Gasteiger partial charge is 0.326 e. The van der Waals surface area contributed by atoms with Gasteiger partial charge in [0.25, 0.3) is 0 Å². The van der Waals surface area contributed by atoms with E-state index in [4.69, 9.17) is 5.73 Å². The lowest BCUT2D eigenvalue weighted by molar-refractivity contribution is 0.638. The van der Waals surface area contributed by atoms with Gasteiger partial charge in [-0.05, 0) is 18.6 Å². The molecule has 0 aliphatic carbocycles.